The average molecular weight is 292 g/mol. The summed E-state index contributed by atoms with van der Waals surface area (Å²) in [5, 5.41) is 3.70. The molecule has 1 aromatic carbocycles. The highest BCUT2D eigenvalue weighted by Gasteiger charge is 2.33. The molecule has 1 aromatic rings. The van der Waals surface area contributed by atoms with Crippen LogP contribution >= 0.6 is 0 Å². The molecule has 2 aliphatic rings. The highest BCUT2D eigenvalue weighted by Crippen LogP contribution is 2.26. The summed E-state index contributed by atoms with van der Waals surface area (Å²) in [6.45, 7) is 8.29. The maximum absolute atomic E-state index is 12.9. The van der Waals surface area contributed by atoms with E-state index in [2.05, 4.69) is 17.1 Å². The van der Waals surface area contributed by atoms with Gasteiger partial charge in [0.15, 0.2) is 0 Å². The number of rotatable bonds is 5. The molecule has 116 valence electrons. The van der Waals surface area contributed by atoms with E-state index in [0.29, 0.717) is 11.5 Å². The van der Waals surface area contributed by atoms with Crippen LogP contribution in [0.3, 0.4) is 0 Å². The molecule has 3 rings (SSSR count). The molecule has 2 fully saturated rings. The molecule has 2 heterocycles. The van der Waals surface area contributed by atoms with Gasteiger partial charge in [-0.15, -0.1) is 0 Å². The molecule has 0 saturated carbocycles. The zero-order valence-electron chi connectivity index (χ0n) is 12.8. The lowest BCUT2D eigenvalue weighted by atomic mass is 9.88. The van der Waals surface area contributed by atoms with Crippen molar-refractivity contribution in [3.63, 3.8) is 0 Å². The highest BCUT2D eigenvalue weighted by atomic mass is 19.1. The summed E-state index contributed by atoms with van der Waals surface area (Å²) >= 11 is 0. The van der Waals surface area contributed by atoms with Crippen LogP contribution in [0.1, 0.15) is 25.3 Å². The first kappa shape index (κ1) is 14.9. The van der Waals surface area contributed by atoms with Crippen LogP contribution in [0.5, 0.6) is 0 Å². The van der Waals surface area contributed by atoms with Gasteiger partial charge in [0.05, 0.1) is 13.2 Å². The minimum absolute atomic E-state index is 0.157. The minimum Gasteiger partial charge on any atom is -0.380 e. The maximum Gasteiger partial charge on any atom is 0.123 e. The zero-order valence-corrected chi connectivity index (χ0v) is 12.8. The molecule has 4 heteroatoms. The minimum atomic E-state index is -0.157. The predicted molar refractivity (Wildman–Crippen MR) is 81.6 cm³/mol. The van der Waals surface area contributed by atoms with Crippen molar-refractivity contribution in [1.29, 1.82) is 0 Å². The summed E-state index contributed by atoms with van der Waals surface area (Å²) in [5.41, 5.74) is 1.55. The van der Waals surface area contributed by atoms with E-state index in [4.69, 9.17) is 4.74 Å². The number of hydrogen-bond donors (Lipinski definition) is 1. The molecule has 0 spiro atoms. The Hall–Kier alpha value is -0.970. The molecule has 0 unspecified atom stereocenters. The quantitative estimate of drug-likeness (QED) is 0.902. The molecule has 0 radical (unpaired) electrons. The largest absolute Gasteiger partial charge is 0.380 e. The van der Waals surface area contributed by atoms with E-state index in [1.165, 1.54) is 18.4 Å². The van der Waals surface area contributed by atoms with Crippen LogP contribution in [0, 0.1) is 11.2 Å². The average Bonchev–Trinajstić information content (AvgIpc) is 2.47. The third-order valence-electron chi connectivity index (χ3n) is 4.63. The van der Waals surface area contributed by atoms with E-state index in [-0.39, 0.29) is 5.82 Å². The summed E-state index contributed by atoms with van der Waals surface area (Å²) in [6.07, 6.45) is 2.39. The van der Waals surface area contributed by atoms with E-state index >= 15 is 0 Å². The molecule has 2 saturated heterocycles. The molecule has 21 heavy (non-hydrogen) atoms. The molecule has 0 bridgehead atoms. The Labute approximate surface area is 126 Å². The topological polar surface area (TPSA) is 24.5 Å². The molecule has 0 atom stereocenters. The molecule has 1 N–H and O–H groups in total. The lowest BCUT2D eigenvalue weighted by Gasteiger charge is -2.40. The van der Waals surface area contributed by atoms with Crippen molar-refractivity contribution in [2.75, 3.05) is 32.8 Å². The van der Waals surface area contributed by atoms with Crippen LogP contribution in [-0.2, 0) is 11.3 Å². The van der Waals surface area contributed by atoms with Crippen LogP contribution < -0.4 is 5.32 Å². The highest BCUT2D eigenvalue weighted by molar-refractivity contribution is 5.16. The van der Waals surface area contributed by atoms with Crippen LogP contribution in [0.4, 0.5) is 4.39 Å². The number of halogens is 1. The number of likely N-dealkylation sites (tertiary alicyclic amines) is 1. The van der Waals surface area contributed by atoms with Gasteiger partial charge in [-0.2, -0.15) is 0 Å². The van der Waals surface area contributed by atoms with E-state index in [1.54, 1.807) is 12.1 Å². The standard InChI is InChI=1S/C17H25FN2O/c1-17(12-21-13-17)11-19-16-6-8-20(9-7-16)10-14-2-4-15(18)5-3-14/h2-5,16,19H,6-13H2,1H3. The van der Waals surface area contributed by atoms with Gasteiger partial charge >= 0.3 is 0 Å². The monoisotopic (exact) mass is 292 g/mol. The Morgan fingerprint density at radius 3 is 2.48 bits per heavy atom. The van der Waals surface area contributed by atoms with Gasteiger partial charge < -0.3 is 10.1 Å². The molecule has 0 aliphatic carbocycles. The van der Waals surface area contributed by atoms with Crippen LogP contribution in [-0.4, -0.2) is 43.8 Å². The molecular formula is C17H25FN2O. The van der Waals surface area contributed by atoms with E-state index in [0.717, 1.165) is 39.4 Å². The van der Waals surface area contributed by atoms with Crippen molar-refractivity contribution >= 4 is 0 Å². The van der Waals surface area contributed by atoms with Gasteiger partial charge in [0.25, 0.3) is 0 Å². The fraction of sp³-hybridized carbons (Fsp3) is 0.647. The Morgan fingerprint density at radius 1 is 1.24 bits per heavy atom. The Morgan fingerprint density at radius 2 is 1.90 bits per heavy atom. The second kappa shape index (κ2) is 6.42. The summed E-state index contributed by atoms with van der Waals surface area (Å²) in [7, 11) is 0. The zero-order chi connectivity index (χ0) is 14.7. The van der Waals surface area contributed by atoms with Gasteiger partial charge in [-0.25, -0.2) is 4.39 Å². The third-order valence-corrected chi connectivity index (χ3v) is 4.63. The Kier molecular flexibility index (Phi) is 4.57. The summed E-state index contributed by atoms with van der Waals surface area (Å²) in [5.74, 6) is -0.157. The maximum atomic E-state index is 12.9. The number of benzene rings is 1. The fourth-order valence-electron chi connectivity index (χ4n) is 3.09. The van der Waals surface area contributed by atoms with E-state index in [9.17, 15) is 4.39 Å². The fourth-order valence-corrected chi connectivity index (χ4v) is 3.09. The summed E-state index contributed by atoms with van der Waals surface area (Å²) in [6, 6.07) is 7.50. The number of ether oxygens (including phenoxy) is 1. The Balaban J connectivity index is 1.39. The normalized spacial score (nSPS) is 23.0. The first-order valence-corrected chi connectivity index (χ1v) is 7.91. The summed E-state index contributed by atoms with van der Waals surface area (Å²) < 4.78 is 18.2. The smallest absolute Gasteiger partial charge is 0.123 e. The molecular weight excluding hydrogens is 267 g/mol. The number of nitrogens with zero attached hydrogens (tertiary/aromatic N) is 1. The van der Waals surface area contributed by atoms with Crippen LogP contribution in [0.2, 0.25) is 0 Å². The van der Waals surface area contributed by atoms with Gasteiger partial charge in [-0.1, -0.05) is 19.1 Å². The predicted octanol–water partition coefficient (Wildman–Crippen LogP) is 2.42. The van der Waals surface area contributed by atoms with Crippen LogP contribution in [0.15, 0.2) is 24.3 Å². The van der Waals surface area contributed by atoms with Crippen molar-refractivity contribution in [2.24, 2.45) is 5.41 Å². The van der Waals surface area contributed by atoms with Crippen molar-refractivity contribution in [2.45, 2.75) is 32.4 Å². The van der Waals surface area contributed by atoms with Gasteiger partial charge in [-0.05, 0) is 43.6 Å². The second-order valence-electron chi connectivity index (χ2n) is 6.86. The lowest BCUT2D eigenvalue weighted by Crippen LogP contribution is -2.51. The van der Waals surface area contributed by atoms with Crippen molar-refractivity contribution in [1.82, 2.24) is 10.2 Å². The SMILES string of the molecule is CC1(CNC2CCN(Cc3ccc(F)cc3)CC2)COC1. The Bertz CT molecular complexity index is 450. The van der Waals surface area contributed by atoms with Crippen molar-refractivity contribution < 1.29 is 9.13 Å². The third kappa shape index (κ3) is 4.02. The van der Waals surface area contributed by atoms with E-state index < -0.39 is 0 Å². The molecule has 3 nitrogen and oxygen atoms in total. The number of piperidine rings is 1. The van der Waals surface area contributed by atoms with Gasteiger partial charge in [0.2, 0.25) is 0 Å². The molecule has 0 aromatic heterocycles. The van der Waals surface area contributed by atoms with Crippen LogP contribution in [0.25, 0.3) is 0 Å². The van der Waals surface area contributed by atoms with Crippen molar-refractivity contribution in [3.8, 4) is 0 Å². The first-order valence-electron chi connectivity index (χ1n) is 7.91. The first-order chi connectivity index (χ1) is 10.1. The number of nitrogens with one attached hydrogen (secondary N) is 1. The number of hydrogen-bond acceptors (Lipinski definition) is 3. The molecule has 2 aliphatic heterocycles. The second-order valence-corrected chi connectivity index (χ2v) is 6.86. The van der Waals surface area contributed by atoms with Gasteiger partial charge in [-0.3, -0.25) is 4.90 Å². The van der Waals surface area contributed by atoms with E-state index in [1.807, 2.05) is 12.1 Å². The van der Waals surface area contributed by atoms with Gasteiger partial charge in [0, 0.05) is 24.5 Å². The van der Waals surface area contributed by atoms with Gasteiger partial charge in [0.1, 0.15) is 5.82 Å². The van der Waals surface area contributed by atoms with Crippen molar-refractivity contribution in [3.05, 3.63) is 35.6 Å². The molecule has 0 amide bonds. The lowest BCUT2D eigenvalue weighted by molar-refractivity contribution is -0.100. The summed E-state index contributed by atoms with van der Waals surface area (Å²) in [4.78, 5) is 2.46.